The third-order valence-corrected chi connectivity index (χ3v) is 4.31. The number of amides is 1. The minimum absolute atomic E-state index is 0.00694. The van der Waals surface area contributed by atoms with Crippen molar-refractivity contribution < 1.29 is 14.6 Å². The third kappa shape index (κ3) is 3.60. The van der Waals surface area contributed by atoms with Crippen LogP contribution < -0.4 is 0 Å². The van der Waals surface area contributed by atoms with Crippen LogP contribution >= 0.6 is 22.6 Å². The zero-order valence-corrected chi connectivity index (χ0v) is 13.1. The molecule has 0 spiro atoms. The van der Waals surface area contributed by atoms with Crippen LogP contribution in [-0.4, -0.2) is 42.7 Å². The van der Waals surface area contributed by atoms with Crippen LogP contribution in [0.1, 0.15) is 23.2 Å². The molecule has 104 valence electrons. The summed E-state index contributed by atoms with van der Waals surface area (Å²) in [6.45, 7) is 2.22. The van der Waals surface area contributed by atoms with Gasteiger partial charge in [-0.2, -0.15) is 0 Å². The highest BCUT2D eigenvalue weighted by atomic mass is 127. The lowest BCUT2D eigenvalue weighted by molar-refractivity contribution is 0.0570. The number of likely N-dealkylation sites (tertiary alicyclic amines) is 1. The number of rotatable bonds is 3. The van der Waals surface area contributed by atoms with Crippen molar-refractivity contribution in [3.8, 4) is 5.75 Å². The molecule has 1 N–H and O–H groups in total. The van der Waals surface area contributed by atoms with E-state index in [-0.39, 0.29) is 11.7 Å². The van der Waals surface area contributed by atoms with E-state index in [0.717, 1.165) is 29.5 Å². The van der Waals surface area contributed by atoms with E-state index in [1.165, 1.54) is 0 Å². The summed E-state index contributed by atoms with van der Waals surface area (Å²) in [6, 6.07) is 5.08. The minimum Gasteiger partial charge on any atom is -0.507 e. The number of hydrogen-bond acceptors (Lipinski definition) is 3. The second kappa shape index (κ2) is 6.56. The number of methoxy groups -OCH3 is 1. The molecular formula is C14H18INO3. The fourth-order valence-corrected chi connectivity index (χ4v) is 2.79. The SMILES string of the molecule is COCC1CCCN(C(=O)c2ccc(I)c(O)c2)C1. The summed E-state index contributed by atoms with van der Waals surface area (Å²) in [5.41, 5.74) is 0.552. The average molecular weight is 375 g/mol. The van der Waals surface area contributed by atoms with Gasteiger partial charge in [0.1, 0.15) is 5.75 Å². The molecule has 0 aromatic heterocycles. The van der Waals surface area contributed by atoms with Crippen molar-refractivity contribution in [3.63, 3.8) is 0 Å². The largest absolute Gasteiger partial charge is 0.507 e. The molecule has 1 aromatic carbocycles. The summed E-state index contributed by atoms with van der Waals surface area (Å²) in [5, 5.41) is 9.69. The Hall–Kier alpha value is -0.820. The van der Waals surface area contributed by atoms with Crippen molar-refractivity contribution in [1.29, 1.82) is 0 Å². The molecule has 1 aliphatic heterocycles. The number of nitrogens with zero attached hydrogens (tertiary/aromatic N) is 1. The molecule has 0 bridgehead atoms. The quantitative estimate of drug-likeness (QED) is 0.826. The fraction of sp³-hybridized carbons (Fsp3) is 0.500. The van der Waals surface area contributed by atoms with E-state index in [0.29, 0.717) is 18.1 Å². The summed E-state index contributed by atoms with van der Waals surface area (Å²) in [6.07, 6.45) is 2.12. The Morgan fingerprint density at radius 1 is 1.58 bits per heavy atom. The van der Waals surface area contributed by atoms with Gasteiger partial charge >= 0.3 is 0 Å². The highest BCUT2D eigenvalue weighted by Crippen LogP contribution is 2.23. The van der Waals surface area contributed by atoms with Crippen LogP contribution in [-0.2, 0) is 4.74 Å². The number of benzene rings is 1. The topological polar surface area (TPSA) is 49.8 Å². The van der Waals surface area contributed by atoms with Crippen molar-refractivity contribution in [2.75, 3.05) is 26.8 Å². The summed E-state index contributed by atoms with van der Waals surface area (Å²) in [7, 11) is 1.69. The first-order valence-electron chi connectivity index (χ1n) is 6.38. The maximum absolute atomic E-state index is 12.4. The van der Waals surface area contributed by atoms with Crippen LogP contribution in [0.2, 0.25) is 0 Å². The molecule has 1 saturated heterocycles. The second-order valence-electron chi connectivity index (χ2n) is 4.88. The van der Waals surface area contributed by atoms with Crippen LogP contribution in [0, 0.1) is 9.49 Å². The monoisotopic (exact) mass is 375 g/mol. The Balaban J connectivity index is 2.08. The zero-order chi connectivity index (χ0) is 13.8. The molecule has 0 saturated carbocycles. The number of carbonyl (C=O) groups is 1. The van der Waals surface area contributed by atoms with Gasteiger partial charge in [-0.25, -0.2) is 0 Å². The van der Waals surface area contributed by atoms with Crippen molar-refractivity contribution in [2.45, 2.75) is 12.8 Å². The Labute approximate surface area is 126 Å². The first-order valence-corrected chi connectivity index (χ1v) is 7.46. The fourth-order valence-electron chi connectivity index (χ4n) is 2.45. The Bertz CT molecular complexity index is 462. The molecule has 0 aliphatic carbocycles. The number of carbonyl (C=O) groups excluding carboxylic acids is 1. The second-order valence-corrected chi connectivity index (χ2v) is 6.04. The highest BCUT2D eigenvalue weighted by molar-refractivity contribution is 14.1. The maximum Gasteiger partial charge on any atom is 0.253 e. The van der Waals surface area contributed by atoms with E-state index >= 15 is 0 Å². The summed E-state index contributed by atoms with van der Waals surface area (Å²) < 4.78 is 5.93. The standard InChI is InChI=1S/C14H18INO3/c1-19-9-10-3-2-6-16(8-10)14(18)11-4-5-12(15)13(17)7-11/h4-5,7,10,17H,2-3,6,8-9H2,1H3. The van der Waals surface area contributed by atoms with E-state index in [9.17, 15) is 9.90 Å². The van der Waals surface area contributed by atoms with Gasteiger partial charge in [-0.3, -0.25) is 4.79 Å². The average Bonchev–Trinajstić information content (AvgIpc) is 2.42. The molecule has 1 aliphatic rings. The minimum atomic E-state index is -0.00694. The molecule has 1 fully saturated rings. The number of aromatic hydroxyl groups is 1. The van der Waals surface area contributed by atoms with Gasteiger partial charge < -0.3 is 14.7 Å². The molecule has 1 amide bonds. The Kier molecular flexibility index (Phi) is 5.04. The van der Waals surface area contributed by atoms with Crippen molar-refractivity contribution in [2.24, 2.45) is 5.92 Å². The molecule has 1 aromatic rings. The summed E-state index contributed by atoms with van der Waals surface area (Å²) >= 11 is 2.04. The van der Waals surface area contributed by atoms with Gasteiger partial charge in [-0.1, -0.05) is 0 Å². The highest BCUT2D eigenvalue weighted by Gasteiger charge is 2.24. The molecule has 5 heteroatoms. The van der Waals surface area contributed by atoms with Gasteiger partial charge in [0.05, 0.1) is 10.2 Å². The first kappa shape index (κ1) is 14.6. The van der Waals surface area contributed by atoms with Gasteiger partial charge in [0.25, 0.3) is 5.91 Å². The molecule has 2 rings (SSSR count). The van der Waals surface area contributed by atoms with Crippen LogP contribution in [0.3, 0.4) is 0 Å². The molecule has 19 heavy (non-hydrogen) atoms. The smallest absolute Gasteiger partial charge is 0.253 e. The van der Waals surface area contributed by atoms with Gasteiger partial charge in [-0.15, -0.1) is 0 Å². The lowest BCUT2D eigenvalue weighted by Gasteiger charge is -2.32. The van der Waals surface area contributed by atoms with Gasteiger partial charge in [0, 0.05) is 25.8 Å². The Morgan fingerprint density at radius 2 is 2.37 bits per heavy atom. The number of hydrogen-bond donors (Lipinski definition) is 1. The number of halogens is 1. The molecule has 1 heterocycles. The predicted octanol–water partition coefficient (Wildman–Crippen LogP) is 2.50. The number of ether oxygens (including phenoxy) is 1. The molecule has 0 radical (unpaired) electrons. The molecule has 4 nitrogen and oxygen atoms in total. The van der Waals surface area contributed by atoms with E-state index < -0.39 is 0 Å². The lowest BCUT2D eigenvalue weighted by Crippen LogP contribution is -2.41. The van der Waals surface area contributed by atoms with Crippen molar-refractivity contribution in [3.05, 3.63) is 27.3 Å². The van der Waals surface area contributed by atoms with Crippen molar-refractivity contribution >= 4 is 28.5 Å². The van der Waals surface area contributed by atoms with Crippen LogP contribution in [0.15, 0.2) is 18.2 Å². The van der Waals surface area contributed by atoms with Gasteiger partial charge in [-0.05, 0) is 59.5 Å². The van der Waals surface area contributed by atoms with Crippen LogP contribution in [0.5, 0.6) is 5.75 Å². The van der Waals surface area contributed by atoms with E-state index in [4.69, 9.17) is 4.74 Å². The zero-order valence-electron chi connectivity index (χ0n) is 10.9. The maximum atomic E-state index is 12.4. The van der Waals surface area contributed by atoms with E-state index in [2.05, 4.69) is 0 Å². The third-order valence-electron chi connectivity index (χ3n) is 3.40. The van der Waals surface area contributed by atoms with Crippen LogP contribution in [0.25, 0.3) is 0 Å². The van der Waals surface area contributed by atoms with Gasteiger partial charge in [0.15, 0.2) is 0 Å². The van der Waals surface area contributed by atoms with Crippen LogP contribution in [0.4, 0.5) is 0 Å². The van der Waals surface area contributed by atoms with E-state index in [1.54, 1.807) is 25.3 Å². The van der Waals surface area contributed by atoms with Crippen molar-refractivity contribution in [1.82, 2.24) is 4.90 Å². The van der Waals surface area contributed by atoms with E-state index in [1.807, 2.05) is 27.5 Å². The number of phenols is 1. The summed E-state index contributed by atoms with van der Waals surface area (Å²) in [5.74, 6) is 0.574. The lowest BCUT2D eigenvalue weighted by atomic mass is 9.98. The summed E-state index contributed by atoms with van der Waals surface area (Å²) in [4.78, 5) is 14.2. The molecular weight excluding hydrogens is 357 g/mol. The Morgan fingerprint density at radius 3 is 3.05 bits per heavy atom. The predicted molar refractivity (Wildman–Crippen MR) is 81.3 cm³/mol. The van der Waals surface area contributed by atoms with Gasteiger partial charge in [0.2, 0.25) is 0 Å². The first-order chi connectivity index (χ1) is 9.11. The number of piperidine rings is 1. The normalized spacial score (nSPS) is 19.5. The number of phenolic OH excluding ortho intramolecular Hbond substituents is 1. The molecule has 1 atom stereocenters. The molecule has 1 unspecified atom stereocenters.